The standard InChI is InChI=1S/C53H67N.C39H50S2.C37H48N2S.4CH4/c1-7-10-12-14-16-18-36-53(37-19-17-15-13-11-8-2)51-38-41(5)22-34-49(51)50-35-27-45(39-52(50)53)44-25-32-48(33-26-44)54(46-28-20-40(4)21-29-46)47-30-23-43(24-31-47)42(6)9-3;1-5-7-9-11-13-15-25-39(26-16-14-12-10-8-6-2)34-27-29(3)17-20-32(34)33-21-19-31(28-35(33)39)36-23-24-38(41-36)37-22-18-30(4)40-37;1-5-7-9-11-13-15-23-37(24-16-14-12-10-8-6-2)33-25-27(3)17-20-31(33)32-22-19-29(26-34(32)37)30-21-18-28(4)35-36(30)39-40-38-35;;;;/h20-35,38-39,42H,7-19,36-37H2,1-6H3;17-24,27-28H,5-16,25-26H2,1-4H3;17-22,25-26H,5-16,23-24H2,1-4H3;4*1H4. The van der Waals surface area contributed by atoms with Crippen LogP contribution >= 0.6 is 34.4 Å². The van der Waals surface area contributed by atoms with Crippen molar-refractivity contribution in [2.24, 2.45) is 0 Å². The van der Waals surface area contributed by atoms with Crippen molar-refractivity contribution in [3.05, 3.63) is 290 Å². The van der Waals surface area contributed by atoms with E-state index in [1.165, 1.54) is 413 Å². The first-order chi connectivity index (χ1) is 66.0. The summed E-state index contributed by atoms with van der Waals surface area (Å²) >= 11 is 5.19. The summed E-state index contributed by atoms with van der Waals surface area (Å²) in [6, 6.07) is 85.2. The molecule has 3 aromatic heterocycles. The molecule has 0 saturated heterocycles. The summed E-state index contributed by atoms with van der Waals surface area (Å²) in [5, 5.41) is 0. The van der Waals surface area contributed by atoms with E-state index in [2.05, 4.69) is 325 Å². The average Bonchev–Trinajstić information content (AvgIpc) is 1.57. The topological polar surface area (TPSA) is 29.0 Å². The van der Waals surface area contributed by atoms with Gasteiger partial charge in [0.25, 0.3) is 0 Å². The molecule has 0 N–H and O–H groups in total. The molecule has 0 aliphatic heterocycles. The van der Waals surface area contributed by atoms with Crippen molar-refractivity contribution in [2.75, 3.05) is 4.90 Å². The molecule has 139 heavy (non-hydrogen) atoms. The average molecular weight is 1920 g/mol. The molecule has 6 heteroatoms. The first-order valence-electron chi connectivity index (χ1n) is 54.3. The molecular formula is C133H181N3S3. The Labute approximate surface area is 860 Å². The Hall–Kier alpha value is -8.78. The predicted octanol–water partition coefficient (Wildman–Crippen LogP) is 44.5. The van der Waals surface area contributed by atoms with E-state index in [9.17, 15) is 0 Å². The second kappa shape index (κ2) is 55.7. The van der Waals surface area contributed by atoms with Crippen LogP contribution in [-0.4, -0.2) is 8.75 Å². The fourth-order valence-corrected chi connectivity index (χ4v) is 25.7. The summed E-state index contributed by atoms with van der Waals surface area (Å²) in [5.41, 5.74) is 39.0. The van der Waals surface area contributed by atoms with E-state index in [4.69, 9.17) is 4.37 Å². The van der Waals surface area contributed by atoms with Crippen LogP contribution in [-0.2, 0) is 16.2 Å². The quantitative estimate of drug-likeness (QED) is 0.0356. The van der Waals surface area contributed by atoms with E-state index in [1.807, 2.05) is 22.7 Å². The van der Waals surface area contributed by atoms with Gasteiger partial charge in [0.1, 0.15) is 11.0 Å². The summed E-state index contributed by atoms with van der Waals surface area (Å²) in [5.74, 6) is 0.561. The van der Waals surface area contributed by atoms with Crippen molar-refractivity contribution in [2.45, 2.75) is 425 Å². The highest BCUT2D eigenvalue weighted by Crippen LogP contribution is 2.60. The molecule has 0 saturated carbocycles. The third-order valence-electron chi connectivity index (χ3n) is 31.2. The van der Waals surface area contributed by atoms with Gasteiger partial charge in [-0.25, -0.2) is 0 Å². The Bertz CT molecular complexity index is 5790. The number of unbranched alkanes of at least 4 members (excludes halogenated alkanes) is 30. The summed E-state index contributed by atoms with van der Waals surface area (Å²) in [6.45, 7) is 31.8. The second-order valence-electron chi connectivity index (χ2n) is 41.4. The molecule has 3 heterocycles. The number of nitrogens with zero attached hydrogens (tertiary/aromatic N) is 3. The highest BCUT2D eigenvalue weighted by molar-refractivity contribution is 7.23. The lowest BCUT2D eigenvalue weighted by Crippen LogP contribution is -2.25. The van der Waals surface area contributed by atoms with Gasteiger partial charge in [0.2, 0.25) is 0 Å². The number of hydrogen-bond acceptors (Lipinski definition) is 6. The number of aromatic nitrogens is 2. The summed E-state index contributed by atoms with van der Waals surface area (Å²) < 4.78 is 9.36. The summed E-state index contributed by atoms with van der Waals surface area (Å²) in [7, 11) is 0. The SMILES string of the molecule is C.C.C.C.CCCCCCCCC1(CCCCCCCC)c2cc(C)ccc2-c2ccc(-c3ccc(-c4ccc(C)s4)s3)cc21.CCCCCCCCC1(CCCCCCCC)c2cc(C)ccc2-c2ccc(-c3ccc(C)c4nsnc34)cc21.CCCCCCCCC1(CCCCCCCC)c2cc(C)ccc2-c2ccc(-c3ccc(N(c4ccc(C)cc4)c4ccc(C(C)CC)cc4)cc3)cc21. The highest BCUT2D eigenvalue weighted by Gasteiger charge is 2.46. The van der Waals surface area contributed by atoms with E-state index in [0.29, 0.717) is 5.92 Å². The molecule has 0 fully saturated rings. The maximum absolute atomic E-state index is 4.74. The minimum absolute atomic E-state index is 0. The van der Waals surface area contributed by atoms with Crippen LogP contribution in [0.25, 0.3) is 86.9 Å². The molecule has 3 aliphatic carbocycles. The summed E-state index contributed by atoms with van der Waals surface area (Å²) in [6.07, 6.45) is 57.3. The minimum atomic E-state index is 0. The molecule has 10 aromatic carbocycles. The molecule has 0 bridgehead atoms. The van der Waals surface area contributed by atoms with Crippen molar-refractivity contribution in [1.82, 2.24) is 8.75 Å². The van der Waals surface area contributed by atoms with Gasteiger partial charge in [-0.3, -0.25) is 0 Å². The second-order valence-corrected chi connectivity index (χ2v) is 44.3. The van der Waals surface area contributed by atoms with Crippen LogP contribution in [0, 0.1) is 41.5 Å². The molecule has 0 spiro atoms. The Balaban J connectivity index is 0.000000215. The fraction of sp³-hybridized carbons (Fsp3) is 0.489. The van der Waals surface area contributed by atoms with Gasteiger partial charge < -0.3 is 4.90 Å². The van der Waals surface area contributed by atoms with Crippen LogP contribution < -0.4 is 4.90 Å². The molecule has 16 rings (SSSR count). The molecule has 13 aromatic rings. The Kier molecular flexibility index (Phi) is 45.0. The van der Waals surface area contributed by atoms with Crippen molar-refractivity contribution in [3.8, 4) is 75.8 Å². The van der Waals surface area contributed by atoms with E-state index in [1.54, 1.807) is 33.4 Å². The lowest BCUT2D eigenvalue weighted by Gasteiger charge is -2.33. The number of hydrogen-bond donors (Lipinski definition) is 0. The third kappa shape index (κ3) is 27.4. The number of benzene rings is 10. The largest absolute Gasteiger partial charge is 0.311 e. The first-order valence-corrected chi connectivity index (χ1v) is 56.6. The molecule has 3 aliphatic rings. The first kappa shape index (κ1) is 112. The minimum Gasteiger partial charge on any atom is -0.311 e. The van der Waals surface area contributed by atoms with Gasteiger partial charge in [-0.05, 0) is 271 Å². The molecule has 1 atom stereocenters. The van der Waals surface area contributed by atoms with Gasteiger partial charge in [-0.15, -0.1) is 22.7 Å². The summed E-state index contributed by atoms with van der Waals surface area (Å²) in [4.78, 5) is 7.96. The van der Waals surface area contributed by atoms with Crippen LogP contribution in [0.15, 0.2) is 218 Å². The smallest absolute Gasteiger partial charge is 0.112 e. The molecule has 746 valence electrons. The monoisotopic (exact) mass is 1920 g/mol. The van der Waals surface area contributed by atoms with Crippen molar-refractivity contribution in [3.63, 3.8) is 0 Å². The normalized spacial score (nSPS) is 13.1. The zero-order chi connectivity index (χ0) is 94.5. The zero-order valence-electron chi connectivity index (χ0n) is 85.8. The van der Waals surface area contributed by atoms with Crippen LogP contribution in [0.2, 0.25) is 0 Å². The maximum Gasteiger partial charge on any atom is 0.112 e. The molecule has 0 amide bonds. The highest BCUT2D eigenvalue weighted by atomic mass is 32.1. The van der Waals surface area contributed by atoms with Gasteiger partial charge in [0, 0.05) is 58.4 Å². The molecule has 3 nitrogen and oxygen atoms in total. The third-order valence-corrected chi connectivity index (χ3v) is 34.0. The van der Waals surface area contributed by atoms with Gasteiger partial charge in [0.15, 0.2) is 0 Å². The molecule has 0 radical (unpaired) electrons. The van der Waals surface area contributed by atoms with E-state index in [-0.39, 0.29) is 46.0 Å². The van der Waals surface area contributed by atoms with Crippen LogP contribution in [0.5, 0.6) is 0 Å². The van der Waals surface area contributed by atoms with Crippen LogP contribution in [0.4, 0.5) is 17.1 Å². The Morgan fingerprint density at radius 2 is 0.540 bits per heavy atom. The van der Waals surface area contributed by atoms with Crippen LogP contribution in [0.3, 0.4) is 0 Å². The lowest BCUT2D eigenvalue weighted by atomic mass is 9.70. The van der Waals surface area contributed by atoms with E-state index < -0.39 is 0 Å². The zero-order valence-corrected chi connectivity index (χ0v) is 88.3. The number of anilines is 3. The Morgan fingerprint density at radius 3 is 0.921 bits per heavy atom. The molecule has 1 unspecified atom stereocenters. The van der Waals surface area contributed by atoms with Gasteiger partial charge in [-0.2, -0.15) is 8.75 Å². The van der Waals surface area contributed by atoms with E-state index >= 15 is 0 Å². The van der Waals surface area contributed by atoms with E-state index in [0.717, 1.165) is 17.5 Å². The fourth-order valence-electron chi connectivity index (χ4n) is 23.1. The maximum atomic E-state index is 4.74. The van der Waals surface area contributed by atoms with Crippen molar-refractivity contribution >= 4 is 62.5 Å². The number of aryl methyl sites for hydroxylation is 6. The predicted molar refractivity (Wildman–Crippen MR) is 623 cm³/mol. The molecular weight excluding hydrogens is 1740 g/mol. The number of thiophene rings is 2. The number of rotatable bonds is 51. The number of fused-ring (bicyclic) bond motifs is 10. The van der Waals surface area contributed by atoms with Crippen molar-refractivity contribution < 1.29 is 0 Å². The van der Waals surface area contributed by atoms with Gasteiger partial charge >= 0.3 is 0 Å². The van der Waals surface area contributed by atoms with Crippen LogP contribution in [0.1, 0.15) is 439 Å². The lowest BCUT2D eigenvalue weighted by molar-refractivity contribution is 0.398. The van der Waals surface area contributed by atoms with Gasteiger partial charge in [0.05, 0.1) is 11.7 Å². The van der Waals surface area contributed by atoms with Crippen molar-refractivity contribution in [1.29, 1.82) is 0 Å². The Morgan fingerprint density at radius 1 is 0.252 bits per heavy atom. The van der Waals surface area contributed by atoms with Gasteiger partial charge in [-0.1, -0.05) is 478 Å².